The van der Waals surface area contributed by atoms with Gasteiger partial charge in [0, 0.05) is 18.6 Å². The van der Waals surface area contributed by atoms with E-state index >= 15 is 0 Å². The van der Waals surface area contributed by atoms with Crippen LogP contribution in [0.4, 0.5) is 0 Å². The quantitative estimate of drug-likeness (QED) is 0.545. The number of benzene rings is 2. The van der Waals surface area contributed by atoms with Crippen molar-refractivity contribution in [3.05, 3.63) is 59.1 Å². The van der Waals surface area contributed by atoms with Crippen molar-refractivity contribution in [2.75, 3.05) is 7.11 Å². The number of carboxylic acid groups (broad SMARTS) is 2. The maximum atomic E-state index is 12.0. The highest BCUT2D eigenvalue weighted by Crippen LogP contribution is 2.23. The second kappa shape index (κ2) is 10.6. The molecule has 0 heterocycles. The first kappa shape index (κ1) is 22.4. The number of aliphatic carboxylic acids is 2. The summed E-state index contributed by atoms with van der Waals surface area (Å²) in [7, 11) is 1.25. The van der Waals surface area contributed by atoms with Crippen LogP contribution in [0, 0.1) is 0 Å². The van der Waals surface area contributed by atoms with E-state index in [1.807, 2.05) is 42.5 Å². The number of hydrogen-bond acceptors (Lipinski definition) is 4. The number of amides is 1. The summed E-state index contributed by atoms with van der Waals surface area (Å²) >= 11 is 6.02. The molecule has 0 aromatic heterocycles. The summed E-state index contributed by atoms with van der Waals surface area (Å²) in [6, 6.07) is 14.0. The van der Waals surface area contributed by atoms with Gasteiger partial charge < -0.3 is 20.3 Å². The van der Waals surface area contributed by atoms with E-state index < -0.39 is 30.0 Å². The van der Waals surface area contributed by atoms with E-state index in [0.29, 0.717) is 5.02 Å². The standard InChI is InChI=1S/C21H22ClNO6/c1-29-20(21(27)28)17(23-18(24)9-10-19(25)26)11-13-5-7-14(8-6-13)15-3-2-4-16(22)12-15/h2-8,12,17,20H,9-11H2,1H3,(H,23,24)(H,25,26)(H,27,28)/t17-,20-/m1/s1. The lowest BCUT2D eigenvalue weighted by Crippen LogP contribution is -2.49. The number of carbonyl (C=O) groups excluding carboxylic acids is 1. The Morgan fingerprint density at radius 1 is 1.03 bits per heavy atom. The van der Waals surface area contributed by atoms with Crippen molar-refractivity contribution in [3.63, 3.8) is 0 Å². The van der Waals surface area contributed by atoms with Crippen molar-refractivity contribution in [3.8, 4) is 11.1 Å². The van der Waals surface area contributed by atoms with E-state index in [9.17, 15) is 19.5 Å². The molecule has 0 aliphatic carbocycles. The zero-order valence-corrected chi connectivity index (χ0v) is 16.6. The van der Waals surface area contributed by atoms with Crippen molar-refractivity contribution in [2.45, 2.75) is 31.4 Å². The van der Waals surface area contributed by atoms with Gasteiger partial charge in [0.2, 0.25) is 5.91 Å². The Kier molecular flexibility index (Phi) is 8.18. The molecule has 0 bridgehead atoms. The Labute approximate surface area is 173 Å². The Morgan fingerprint density at radius 2 is 1.72 bits per heavy atom. The van der Waals surface area contributed by atoms with Crippen LogP contribution in [-0.2, 0) is 25.5 Å². The zero-order chi connectivity index (χ0) is 21.4. The summed E-state index contributed by atoms with van der Waals surface area (Å²) in [6.07, 6.45) is -1.64. The van der Waals surface area contributed by atoms with Gasteiger partial charge in [-0.15, -0.1) is 0 Å². The maximum absolute atomic E-state index is 12.0. The zero-order valence-electron chi connectivity index (χ0n) is 15.8. The summed E-state index contributed by atoms with van der Waals surface area (Å²) in [6.45, 7) is 0. The molecule has 7 nitrogen and oxygen atoms in total. The molecule has 8 heteroatoms. The van der Waals surface area contributed by atoms with Crippen LogP contribution in [0.1, 0.15) is 18.4 Å². The van der Waals surface area contributed by atoms with Gasteiger partial charge in [-0.2, -0.15) is 0 Å². The number of rotatable bonds is 10. The summed E-state index contributed by atoms with van der Waals surface area (Å²) in [5.74, 6) is -2.86. The number of halogens is 1. The minimum atomic E-state index is -1.27. The van der Waals surface area contributed by atoms with Crippen LogP contribution in [0.5, 0.6) is 0 Å². The highest BCUT2D eigenvalue weighted by atomic mass is 35.5. The molecule has 2 rings (SSSR count). The monoisotopic (exact) mass is 419 g/mol. The van der Waals surface area contributed by atoms with Gasteiger partial charge in [-0.3, -0.25) is 9.59 Å². The number of carbonyl (C=O) groups is 3. The molecule has 0 spiro atoms. The molecule has 1 amide bonds. The average molecular weight is 420 g/mol. The SMILES string of the molecule is CO[C@@H](C(=O)O)[C@@H](Cc1ccc(-c2cccc(Cl)c2)cc1)NC(=O)CCC(=O)O. The minimum Gasteiger partial charge on any atom is -0.481 e. The molecule has 0 aliphatic heterocycles. The number of carboxylic acids is 2. The van der Waals surface area contributed by atoms with Crippen molar-refractivity contribution in [1.82, 2.24) is 5.32 Å². The van der Waals surface area contributed by atoms with Gasteiger partial charge in [-0.25, -0.2) is 4.79 Å². The van der Waals surface area contributed by atoms with Crippen LogP contribution in [-0.4, -0.2) is 47.3 Å². The van der Waals surface area contributed by atoms with Crippen LogP contribution in [0.3, 0.4) is 0 Å². The summed E-state index contributed by atoms with van der Waals surface area (Å²) in [4.78, 5) is 34.2. The van der Waals surface area contributed by atoms with Gasteiger partial charge in [-0.1, -0.05) is 48.0 Å². The normalized spacial score (nSPS) is 12.8. The van der Waals surface area contributed by atoms with Gasteiger partial charge in [0.15, 0.2) is 6.10 Å². The smallest absolute Gasteiger partial charge is 0.334 e. The van der Waals surface area contributed by atoms with Crippen molar-refractivity contribution in [1.29, 1.82) is 0 Å². The molecule has 0 unspecified atom stereocenters. The van der Waals surface area contributed by atoms with E-state index in [1.54, 1.807) is 6.07 Å². The van der Waals surface area contributed by atoms with E-state index in [1.165, 1.54) is 7.11 Å². The first-order valence-electron chi connectivity index (χ1n) is 8.91. The van der Waals surface area contributed by atoms with Crippen LogP contribution < -0.4 is 5.32 Å². The number of methoxy groups -OCH3 is 1. The molecule has 2 aromatic carbocycles. The first-order chi connectivity index (χ1) is 13.8. The topological polar surface area (TPSA) is 113 Å². The molecule has 0 saturated heterocycles. The van der Waals surface area contributed by atoms with Gasteiger partial charge in [0.25, 0.3) is 0 Å². The van der Waals surface area contributed by atoms with Crippen molar-refractivity contribution < 1.29 is 29.3 Å². The molecule has 29 heavy (non-hydrogen) atoms. The maximum Gasteiger partial charge on any atom is 0.334 e. The molecule has 0 saturated carbocycles. The molecule has 3 N–H and O–H groups in total. The van der Waals surface area contributed by atoms with Crippen molar-refractivity contribution in [2.24, 2.45) is 0 Å². The molecule has 0 fully saturated rings. The second-order valence-electron chi connectivity index (χ2n) is 6.47. The lowest BCUT2D eigenvalue weighted by atomic mass is 9.98. The Bertz CT molecular complexity index is 868. The lowest BCUT2D eigenvalue weighted by Gasteiger charge is -2.24. The highest BCUT2D eigenvalue weighted by molar-refractivity contribution is 6.30. The fourth-order valence-corrected chi connectivity index (χ4v) is 3.12. The Balaban J connectivity index is 2.15. The highest BCUT2D eigenvalue weighted by Gasteiger charge is 2.29. The largest absolute Gasteiger partial charge is 0.481 e. The molecular formula is C21H22ClNO6. The fraction of sp³-hybridized carbons (Fsp3) is 0.286. The molecule has 154 valence electrons. The van der Waals surface area contributed by atoms with E-state index in [0.717, 1.165) is 16.7 Å². The van der Waals surface area contributed by atoms with Crippen LogP contribution in [0.15, 0.2) is 48.5 Å². The third-order valence-corrected chi connectivity index (χ3v) is 4.58. The van der Waals surface area contributed by atoms with Gasteiger partial charge in [-0.05, 0) is 35.2 Å². The molecular weight excluding hydrogens is 398 g/mol. The summed E-state index contributed by atoms with van der Waals surface area (Å²) in [5.41, 5.74) is 2.69. The summed E-state index contributed by atoms with van der Waals surface area (Å²) < 4.78 is 5.03. The van der Waals surface area contributed by atoms with E-state index in [2.05, 4.69) is 5.32 Å². The van der Waals surface area contributed by atoms with Crippen LogP contribution >= 0.6 is 11.6 Å². The number of ether oxygens (including phenoxy) is 1. The number of nitrogens with one attached hydrogen (secondary N) is 1. The molecule has 0 aliphatic rings. The average Bonchev–Trinajstić information content (AvgIpc) is 2.67. The molecule has 0 radical (unpaired) electrons. The first-order valence-corrected chi connectivity index (χ1v) is 9.29. The lowest BCUT2D eigenvalue weighted by molar-refractivity contribution is -0.151. The van der Waals surface area contributed by atoms with Gasteiger partial charge in [0.1, 0.15) is 0 Å². The Morgan fingerprint density at radius 3 is 2.28 bits per heavy atom. The number of hydrogen-bond donors (Lipinski definition) is 3. The van der Waals surface area contributed by atoms with E-state index in [4.69, 9.17) is 21.4 Å². The minimum absolute atomic E-state index is 0.208. The van der Waals surface area contributed by atoms with Gasteiger partial charge >= 0.3 is 11.9 Å². The van der Waals surface area contributed by atoms with Crippen LogP contribution in [0.25, 0.3) is 11.1 Å². The third kappa shape index (κ3) is 6.89. The molecule has 2 atom stereocenters. The third-order valence-electron chi connectivity index (χ3n) is 4.34. The van der Waals surface area contributed by atoms with Crippen molar-refractivity contribution >= 4 is 29.4 Å². The van der Waals surface area contributed by atoms with Crippen LogP contribution in [0.2, 0.25) is 5.02 Å². The predicted octanol–water partition coefficient (Wildman–Crippen LogP) is 3.00. The second-order valence-corrected chi connectivity index (χ2v) is 6.91. The summed E-state index contributed by atoms with van der Waals surface area (Å²) in [5, 5.41) is 21.3. The Hall–Kier alpha value is -2.90. The predicted molar refractivity (Wildman–Crippen MR) is 108 cm³/mol. The molecule has 2 aromatic rings. The van der Waals surface area contributed by atoms with Gasteiger partial charge in [0.05, 0.1) is 12.5 Å². The fourth-order valence-electron chi connectivity index (χ4n) is 2.93. The van der Waals surface area contributed by atoms with E-state index in [-0.39, 0.29) is 19.3 Å².